The summed E-state index contributed by atoms with van der Waals surface area (Å²) in [6, 6.07) is 0. The molecule has 0 aromatic carbocycles. The Morgan fingerprint density at radius 3 is 3.06 bits per heavy atom. The van der Waals surface area contributed by atoms with Crippen molar-refractivity contribution in [1.82, 2.24) is 24.9 Å². The molecule has 0 saturated carbocycles. The van der Waals surface area contributed by atoms with Gasteiger partial charge in [0.15, 0.2) is 9.99 Å². The van der Waals surface area contributed by atoms with Gasteiger partial charge in [0.2, 0.25) is 0 Å². The molecule has 80 valence electrons. The molecule has 8 heteroatoms. The summed E-state index contributed by atoms with van der Waals surface area (Å²) in [5, 5.41) is 2.78. The molecule has 3 heterocycles. The Balaban J connectivity index is 2.03. The zero-order valence-corrected chi connectivity index (χ0v) is 10.9. The lowest BCUT2D eigenvalue weighted by atomic mass is 10.6. The van der Waals surface area contributed by atoms with Crippen LogP contribution < -0.4 is 0 Å². The SMILES string of the molecule is Brc1csc(Sc2ncnc3nc[nH]c23)n1. The molecule has 0 amide bonds. The van der Waals surface area contributed by atoms with Crippen LogP contribution in [0.5, 0.6) is 0 Å². The molecule has 0 unspecified atom stereocenters. The molecule has 0 radical (unpaired) electrons. The van der Waals surface area contributed by atoms with Crippen molar-refractivity contribution in [2.45, 2.75) is 9.37 Å². The maximum Gasteiger partial charge on any atom is 0.181 e. The predicted molar refractivity (Wildman–Crippen MR) is 65.6 cm³/mol. The highest BCUT2D eigenvalue weighted by atomic mass is 79.9. The maximum absolute atomic E-state index is 4.30. The Hall–Kier alpha value is -0.990. The van der Waals surface area contributed by atoms with Gasteiger partial charge in [-0.25, -0.2) is 19.9 Å². The summed E-state index contributed by atoms with van der Waals surface area (Å²) in [5.41, 5.74) is 1.52. The molecule has 0 atom stereocenters. The number of thiazole rings is 1. The van der Waals surface area contributed by atoms with Gasteiger partial charge in [0.05, 0.1) is 6.33 Å². The molecule has 16 heavy (non-hydrogen) atoms. The highest BCUT2D eigenvalue weighted by molar-refractivity contribution is 9.10. The molecule has 0 saturated heterocycles. The first kappa shape index (κ1) is 10.2. The standard InChI is InChI=1S/C8H4BrN5S2/c9-4-1-15-8(14-4)16-7-5-6(11-2-10-5)12-3-13-7/h1-3H,(H,10,11,12,13). The molecule has 3 aromatic rings. The van der Waals surface area contributed by atoms with Crippen LogP contribution in [0.4, 0.5) is 0 Å². The van der Waals surface area contributed by atoms with E-state index in [0.29, 0.717) is 5.65 Å². The summed E-state index contributed by atoms with van der Waals surface area (Å²) in [4.78, 5) is 19.7. The molecule has 5 nitrogen and oxygen atoms in total. The van der Waals surface area contributed by atoms with Crippen LogP contribution in [0.25, 0.3) is 11.2 Å². The second-order valence-corrected chi connectivity index (χ2v) is 5.72. The Kier molecular flexibility index (Phi) is 2.62. The monoisotopic (exact) mass is 313 g/mol. The van der Waals surface area contributed by atoms with E-state index in [1.54, 1.807) is 17.7 Å². The fourth-order valence-electron chi connectivity index (χ4n) is 1.19. The van der Waals surface area contributed by atoms with Crippen molar-refractivity contribution in [3.05, 3.63) is 22.6 Å². The lowest BCUT2D eigenvalue weighted by molar-refractivity contribution is 1.08. The van der Waals surface area contributed by atoms with Crippen LogP contribution in [0.3, 0.4) is 0 Å². The zero-order chi connectivity index (χ0) is 11.0. The number of rotatable bonds is 2. The van der Waals surface area contributed by atoms with Crippen LogP contribution >= 0.6 is 39.0 Å². The van der Waals surface area contributed by atoms with E-state index in [-0.39, 0.29) is 0 Å². The number of H-pyrrole nitrogens is 1. The number of halogens is 1. The van der Waals surface area contributed by atoms with Gasteiger partial charge in [-0.05, 0) is 27.7 Å². The third kappa shape index (κ3) is 1.83. The normalized spacial score (nSPS) is 11.1. The van der Waals surface area contributed by atoms with Gasteiger partial charge in [0.25, 0.3) is 0 Å². The van der Waals surface area contributed by atoms with Crippen molar-refractivity contribution in [1.29, 1.82) is 0 Å². The van der Waals surface area contributed by atoms with E-state index >= 15 is 0 Å². The van der Waals surface area contributed by atoms with E-state index in [4.69, 9.17) is 0 Å². The van der Waals surface area contributed by atoms with E-state index in [2.05, 4.69) is 40.8 Å². The van der Waals surface area contributed by atoms with Gasteiger partial charge < -0.3 is 4.98 Å². The predicted octanol–water partition coefficient (Wildman–Crippen LogP) is 2.72. The van der Waals surface area contributed by atoms with E-state index in [9.17, 15) is 0 Å². The first-order valence-electron chi connectivity index (χ1n) is 4.26. The largest absolute Gasteiger partial charge is 0.341 e. The third-order valence-electron chi connectivity index (χ3n) is 1.83. The highest BCUT2D eigenvalue weighted by Gasteiger charge is 2.09. The van der Waals surface area contributed by atoms with Crippen LogP contribution in [0.15, 0.2) is 32.0 Å². The summed E-state index contributed by atoms with van der Waals surface area (Å²) in [7, 11) is 0. The van der Waals surface area contributed by atoms with E-state index < -0.39 is 0 Å². The molecule has 0 fully saturated rings. The van der Waals surface area contributed by atoms with Gasteiger partial charge in [-0.15, -0.1) is 11.3 Å². The number of hydrogen-bond donors (Lipinski definition) is 1. The minimum absolute atomic E-state index is 0.674. The van der Waals surface area contributed by atoms with E-state index in [0.717, 1.165) is 19.5 Å². The number of aromatic nitrogens is 5. The fourth-order valence-corrected chi connectivity index (χ4v) is 3.52. The van der Waals surface area contributed by atoms with Gasteiger partial charge in [0.1, 0.15) is 21.5 Å². The molecule has 0 bridgehead atoms. The quantitative estimate of drug-likeness (QED) is 0.737. The molecule has 0 aliphatic carbocycles. The Morgan fingerprint density at radius 2 is 2.25 bits per heavy atom. The van der Waals surface area contributed by atoms with Crippen LogP contribution in [0.2, 0.25) is 0 Å². The number of imidazole rings is 1. The molecule has 1 N–H and O–H groups in total. The fraction of sp³-hybridized carbons (Fsp3) is 0. The lowest BCUT2D eigenvalue weighted by Gasteiger charge is -1.96. The number of aromatic amines is 1. The lowest BCUT2D eigenvalue weighted by Crippen LogP contribution is -1.85. The van der Waals surface area contributed by atoms with Gasteiger partial charge in [0, 0.05) is 5.38 Å². The van der Waals surface area contributed by atoms with Gasteiger partial charge in [-0.2, -0.15) is 0 Å². The topological polar surface area (TPSA) is 67.3 Å². The van der Waals surface area contributed by atoms with Crippen molar-refractivity contribution in [2.24, 2.45) is 0 Å². The van der Waals surface area contributed by atoms with Crippen LogP contribution in [0, 0.1) is 0 Å². The molecule has 3 aromatic heterocycles. The Labute approximate surface area is 107 Å². The van der Waals surface area contributed by atoms with Gasteiger partial charge in [-0.1, -0.05) is 0 Å². The molecular formula is C8H4BrN5S2. The Morgan fingerprint density at radius 1 is 1.31 bits per heavy atom. The number of fused-ring (bicyclic) bond motifs is 1. The Bertz CT molecular complexity index is 634. The summed E-state index contributed by atoms with van der Waals surface area (Å²) < 4.78 is 1.77. The van der Waals surface area contributed by atoms with Crippen molar-refractivity contribution in [2.75, 3.05) is 0 Å². The van der Waals surface area contributed by atoms with Crippen LogP contribution in [-0.2, 0) is 0 Å². The van der Waals surface area contributed by atoms with Crippen molar-refractivity contribution < 1.29 is 0 Å². The average molecular weight is 314 g/mol. The second kappa shape index (κ2) is 4.11. The highest BCUT2D eigenvalue weighted by Crippen LogP contribution is 2.32. The van der Waals surface area contributed by atoms with Crippen LogP contribution in [0.1, 0.15) is 0 Å². The second-order valence-electron chi connectivity index (χ2n) is 2.82. The van der Waals surface area contributed by atoms with Crippen molar-refractivity contribution >= 4 is 50.2 Å². The van der Waals surface area contributed by atoms with E-state index in [1.807, 2.05) is 5.38 Å². The first-order valence-corrected chi connectivity index (χ1v) is 6.75. The molecule has 3 rings (SSSR count). The van der Waals surface area contributed by atoms with Gasteiger partial charge in [-0.3, -0.25) is 0 Å². The van der Waals surface area contributed by atoms with Gasteiger partial charge >= 0.3 is 0 Å². The molecule has 0 aliphatic heterocycles. The molecule has 0 aliphatic rings. The van der Waals surface area contributed by atoms with Crippen molar-refractivity contribution in [3.63, 3.8) is 0 Å². The zero-order valence-electron chi connectivity index (χ0n) is 7.72. The number of nitrogens with zero attached hydrogens (tertiary/aromatic N) is 4. The third-order valence-corrected chi connectivity index (χ3v) is 4.48. The number of nitrogens with one attached hydrogen (secondary N) is 1. The van der Waals surface area contributed by atoms with Crippen molar-refractivity contribution in [3.8, 4) is 0 Å². The first-order chi connectivity index (χ1) is 7.83. The molecule has 0 spiro atoms. The average Bonchev–Trinajstić information content (AvgIpc) is 2.87. The summed E-state index contributed by atoms with van der Waals surface area (Å²) in [6.45, 7) is 0. The summed E-state index contributed by atoms with van der Waals surface area (Å²) in [5.74, 6) is 0. The maximum atomic E-state index is 4.30. The molecular weight excluding hydrogens is 310 g/mol. The van der Waals surface area contributed by atoms with Crippen LogP contribution in [-0.4, -0.2) is 24.9 Å². The summed E-state index contributed by atoms with van der Waals surface area (Å²) in [6.07, 6.45) is 3.12. The number of hydrogen-bond acceptors (Lipinski definition) is 6. The van der Waals surface area contributed by atoms with E-state index in [1.165, 1.54) is 18.1 Å². The summed E-state index contributed by atoms with van der Waals surface area (Å²) >= 11 is 6.38. The minimum Gasteiger partial charge on any atom is -0.341 e. The smallest absolute Gasteiger partial charge is 0.181 e. The minimum atomic E-state index is 0.674.